The molecule has 1 aromatic carbocycles. The van der Waals surface area contributed by atoms with E-state index >= 15 is 0 Å². The number of hydrogen-bond acceptors (Lipinski definition) is 7. The van der Waals surface area contributed by atoms with Gasteiger partial charge in [0.25, 0.3) is 0 Å². The summed E-state index contributed by atoms with van der Waals surface area (Å²) in [6.07, 6.45) is 7.08. The molecule has 194 valence electrons. The summed E-state index contributed by atoms with van der Waals surface area (Å²) in [5, 5.41) is 13.5. The van der Waals surface area contributed by atoms with E-state index in [4.69, 9.17) is 9.97 Å². The van der Waals surface area contributed by atoms with Crippen LogP contribution in [0, 0.1) is 0 Å². The molecule has 1 saturated heterocycles. The second-order valence-electron chi connectivity index (χ2n) is 10.6. The number of fused-ring (bicyclic) bond motifs is 1. The number of rotatable bonds is 6. The van der Waals surface area contributed by atoms with E-state index in [2.05, 4.69) is 10.2 Å². The molecule has 4 aliphatic rings. The van der Waals surface area contributed by atoms with Gasteiger partial charge in [0, 0.05) is 24.4 Å². The molecule has 0 radical (unpaired) electrons. The highest BCUT2D eigenvalue weighted by atomic mass is 32.2. The summed E-state index contributed by atoms with van der Waals surface area (Å²) in [6.45, 7) is 1.49. The quantitative estimate of drug-likeness (QED) is 0.502. The molecule has 0 bridgehead atoms. The third-order valence-corrected chi connectivity index (χ3v) is 11.0. The average molecular weight is 539 g/mol. The maximum absolute atomic E-state index is 13.3. The number of alkyl halides is 3. The van der Waals surface area contributed by atoms with E-state index in [0.29, 0.717) is 18.2 Å². The molecule has 6 rings (SSSR count). The molecule has 0 unspecified atom stereocenters. The molecule has 36 heavy (non-hydrogen) atoms. The van der Waals surface area contributed by atoms with Crippen molar-refractivity contribution in [3.05, 3.63) is 35.5 Å². The van der Waals surface area contributed by atoms with Gasteiger partial charge in [-0.3, -0.25) is 4.21 Å². The van der Waals surface area contributed by atoms with Gasteiger partial charge in [0.2, 0.25) is 5.95 Å². The van der Waals surface area contributed by atoms with Crippen LogP contribution in [0.15, 0.2) is 34.1 Å². The Kier molecular flexibility index (Phi) is 6.03. The van der Waals surface area contributed by atoms with E-state index in [0.717, 1.165) is 74.2 Å². The van der Waals surface area contributed by atoms with Crippen molar-refractivity contribution in [2.75, 3.05) is 29.9 Å². The van der Waals surface area contributed by atoms with E-state index < -0.39 is 21.8 Å². The molecule has 3 fully saturated rings. The average Bonchev–Trinajstić information content (AvgIpc) is 3.55. The van der Waals surface area contributed by atoms with Crippen molar-refractivity contribution < 1.29 is 22.5 Å². The van der Waals surface area contributed by atoms with Crippen LogP contribution >= 0.6 is 11.8 Å². The molecule has 11 heteroatoms. The number of anilines is 2. The molecule has 6 nitrogen and oxygen atoms in total. The number of nitrogens with one attached hydrogen (secondary N) is 1. The lowest BCUT2D eigenvalue weighted by atomic mass is 9.77. The lowest BCUT2D eigenvalue weighted by Gasteiger charge is -2.42. The fraction of sp³-hybridized carbons (Fsp3) is 0.600. The Balaban J connectivity index is 1.19. The smallest absolute Gasteiger partial charge is 0.394 e. The van der Waals surface area contributed by atoms with Gasteiger partial charge in [-0.05, 0) is 80.3 Å². The van der Waals surface area contributed by atoms with Crippen molar-refractivity contribution in [1.82, 2.24) is 9.97 Å². The molecule has 2 aromatic rings. The van der Waals surface area contributed by atoms with Crippen LogP contribution in [-0.2, 0) is 17.2 Å². The summed E-state index contributed by atoms with van der Waals surface area (Å²) in [7, 11) is -1.14. The number of aromatic nitrogens is 2. The van der Waals surface area contributed by atoms with Crippen molar-refractivity contribution in [3.63, 3.8) is 0 Å². The van der Waals surface area contributed by atoms with Crippen LogP contribution in [0.25, 0.3) is 0 Å². The number of aliphatic hydroxyl groups excluding tert-OH is 1. The molecule has 2 saturated carbocycles. The number of aliphatic hydroxyl groups is 1. The summed E-state index contributed by atoms with van der Waals surface area (Å²) >= 11 is -0.0878. The monoisotopic (exact) mass is 538 g/mol. The Morgan fingerprint density at radius 2 is 1.81 bits per heavy atom. The van der Waals surface area contributed by atoms with Gasteiger partial charge >= 0.3 is 5.51 Å². The van der Waals surface area contributed by atoms with Crippen molar-refractivity contribution in [2.45, 2.75) is 82.9 Å². The SMILES string of the molecule is O=[S@@]1c2c(nc(N3CCC(c4ccc(SC(F)(F)F)cc4)CC3)nc2NC2(CO)CCC2)CC12CC2. The lowest BCUT2D eigenvalue weighted by molar-refractivity contribution is -0.0328. The third kappa shape index (κ3) is 4.51. The number of piperidine rings is 1. The highest BCUT2D eigenvalue weighted by molar-refractivity contribution is 8.00. The maximum atomic E-state index is 13.3. The molecule has 3 heterocycles. The van der Waals surface area contributed by atoms with Crippen LogP contribution in [0.5, 0.6) is 0 Å². The van der Waals surface area contributed by atoms with Gasteiger partial charge < -0.3 is 15.3 Å². The molecule has 1 aromatic heterocycles. The second kappa shape index (κ2) is 8.87. The van der Waals surface area contributed by atoms with E-state index in [1.807, 2.05) is 0 Å². The summed E-state index contributed by atoms with van der Waals surface area (Å²) in [5.41, 5.74) is -2.76. The predicted molar refractivity (Wildman–Crippen MR) is 134 cm³/mol. The van der Waals surface area contributed by atoms with E-state index in [9.17, 15) is 22.5 Å². The van der Waals surface area contributed by atoms with E-state index in [1.54, 1.807) is 24.3 Å². The van der Waals surface area contributed by atoms with E-state index in [-0.39, 0.29) is 33.9 Å². The van der Waals surface area contributed by atoms with Crippen LogP contribution in [0.1, 0.15) is 62.1 Å². The van der Waals surface area contributed by atoms with Crippen LogP contribution in [0.4, 0.5) is 24.9 Å². The topological polar surface area (TPSA) is 78.4 Å². The third-order valence-electron chi connectivity index (χ3n) is 8.16. The van der Waals surface area contributed by atoms with Crippen molar-refractivity contribution >= 4 is 34.3 Å². The van der Waals surface area contributed by atoms with Gasteiger partial charge in [0.05, 0.1) is 33.4 Å². The fourth-order valence-corrected chi connectivity index (χ4v) is 7.96. The highest BCUT2D eigenvalue weighted by Gasteiger charge is 2.56. The van der Waals surface area contributed by atoms with Crippen LogP contribution in [0.2, 0.25) is 0 Å². The molecule has 1 atom stereocenters. The van der Waals surface area contributed by atoms with Gasteiger partial charge in [-0.15, -0.1) is 0 Å². The number of nitrogens with zero attached hydrogens (tertiary/aromatic N) is 3. The Hall–Kier alpha value is -1.85. The first-order chi connectivity index (χ1) is 17.2. The fourth-order valence-electron chi connectivity index (χ4n) is 5.65. The molecule has 1 spiro atoms. The Bertz CT molecular complexity index is 1170. The first kappa shape index (κ1) is 24.5. The van der Waals surface area contributed by atoms with Crippen LogP contribution < -0.4 is 10.2 Å². The second-order valence-corrected chi connectivity index (χ2v) is 13.5. The minimum absolute atomic E-state index is 0.0184. The first-order valence-corrected chi connectivity index (χ1v) is 14.5. The number of hydrogen-bond donors (Lipinski definition) is 2. The molecular weight excluding hydrogens is 509 g/mol. The van der Waals surface area contributed by atoms with Crippen molar-refractivity contribution in [3.8, 4) is 0 Å². The van der Waals surface area contributed by atoms with Gasteiger partial charge in [-0.25, -0.2) is 4.98 Å². The van der Waals surface area contributed by atoms with Crippen LogP contribution in [0.3, 0.4) is 0 Å². The summed E-state index contributed by atoms with van der Waals surface area (Å²) in [4.78, 5) is 12.8. The molecule has 2 N–H and O–H groups in total. The van der Waals surface area contributed by atoms with Gasteiger partial charge in [-0.1, -0.05) is 12.1 Å². The van der Waals surface area contributed by atoms with Gasteiger partial charge in [0.15, 0.2) is 0 Å². The van der Waals surface area contributed by atoms with Crippen molar-refractivity contribution in [1.29, 1.82) is 0 Å². The zero-order valence-corrected chi connectivity index (χ0v) is 21.4. The molecule has 2 aliphatic heterocycles. The zero-order chi connectivity index (χ0) is 25.1. The maximum Gasteiger partial charge on any atom is 0.446 e. The Morgan fingerprint density at radius 3 is 2.36 bits per heavy atom. The minimum Gasteiger partial charge on any atom is -0.394 e. The summed E-state index contributed by atoms with van der Waals surface area (Å²) in [6, 6.07) is 6.71. The Morgan fingerprint density at radius 1 is 1.11 bits per heavy atom. The largest absolute Gasteiger partial charge is 0.446 e. The summed E-state index contributed by atoms with van der Waals surface area (Å²) in [5.74, 6) is 1.52. The summed E-state index contributed by atoms with van der Waals surface area (Å²) < 4.78 is 51.0. The van der Waals surface area contributed by atoms with Gasteiger partial charge in [-0.2, -0.15) is 18.2 Å². The van der Waals surface area contributed by atoms with E-state index in [1.165, 1.54) is 0 Å². The lowest BCUT2D eigenvalue weighted by Crippen LogP contribution is -2.49. The normalized spacial score (nSPS) is 24.4. The number of thioether (sulfide) groups is 1. The number of halogens is 3. The minimum atomic E-state index is -4.28. The predicted octanol–water partition coefficient (Wildman–Crippen LogP) is 5.00. The Labute approximate surface area is 214 Å². The van der Waals surface area contributed by atoms with Crippen LogP contribution in [-0.4, -0.2) is 54.8 Å². The van der Waals surface area contributed by atoms with Crippen molar-refractivity contribution in [2.24, 2.45) is 0 Å². The molecule has 0 amide bonds. The number of benzene rings is 1. The van der Waals surface area contributed by atoms with Gasteiger partial charge in [0.1, 0.15) is 10.7 Å². The highest BCUT2D eigenvalue weighted by Crippen LogP contribution is 2.54. The molecule has 2 aliphatic carbocycles. The zero-order valence-electron chi connectivity index (χ0n) is 19.8. The standard InChI is InChI=1S/C25H29F3N4O2S2/c26-25(27,28)35-18-4-2-16(3-5-18)17-6-12-32(13-7-17)22-29-19-14-24(10-11-24)36(34)20(19)21(30-22)31-23(15-33)8-1-9-23/h2-5,17,33H,1,6-15H2,(H,29,30,31)/t36-/m1/s1. The first-order valence-electron chi connectivity index (χ1n) is 12.5. The molecular formula is C25H29F3N4O2S2.